The van der Waals surface area contributed by atoms with Gasteiger partial charge in [0.1, 0.15) is 6.54 Å². The SMILES string of the molecule is Cc1ccc(C(=O)NCC(=O)OC(C(N)=O)c2ccccc2)cc1. The van der Waals surface area contributed by atoms with Crippen molar-refractivity contribution in [3.8, 4) is 0 Å². The van der Waals surface area contributed by atoms with Gasteiger partial charge in [-0.25, -0.2) is 0 Å². The van der Waals surface area contributed by atoms with Crippen LogP contribution in [0, 0.1) is 6.92 Å². The molecule has 0 saturated carbocycles. The van der Waals surface area contributed by atoms with Crippen molar-refractivity contribution in [1.29, 1.82) is 0 Å². The van der Waals surface area contributed by atoms with Crippen LogP contribution >= 0.6 is 0 Å². The van der Waals surface area contributed by atoms with Crippen molar-refractivity contribution in [3.63, 3.8) is 0 Å². The molecule has 0 heterocycles. The zero-order chi connectivity index (χ0) is 17.5. The Morgan fingerprint density at radius 3 is 2.25 bits per heavy atom. The predicted molar refractivity (Wildman–Crippen MR) is 88.0 cm³/mol. The summed E-state index contributed by atoms with van der Waals surface area (Å²) in [5.74, 6) is -1.93. The molecule has 3 N–H and O–H groups in total. The number of rotatable bonds is 6. The summed E-state index contributed by atoms with van der Waals surface area (Å²) in [4.78, 5) is 35.3. The minimum atomic E-state index is -1.19. The summed E-state index contributed by atoms with van der Waals surface area (Å²) in [5.41, 5.74) is 7.21. The van der Waals surface area contributed by atoms with Gasteiger partial charge in [-0.2, -0.15) is 0 Å². The van der Waals surface area contributed by atoms with Gasteiger partial charge in [-0.3, -0.25) is 14.4 Å². The highest BCUT2D eigenvalue weighted by molar-refractivity contribution is 5.96. The van der Waals surface area contributed by atoms with Gasteiger partial charge in [-0.15, -0.1) is 0 Å². The lowest BCUT2D eigenvalue weighted by Gasteiger charge is -2.15. The molecule has 6 nitrogen and oxygen atoms in total. The molecule has 0 spiro atoms. The van der Waals surface area contributed by atoms with Gasteiger partial charge < -0.3 is 15.8 Å². The van der Waals surface area contributed by atoms with Gasteiger partial charge in [0.15, 0.2) is 0 Å². The predicted octanol–water partition coefficient (Wildman–Crippen LogP) is 1.49. The van der Waals surface area contributed by atoms with Crippen molar-refractivity contribution >= 4 is 17.8 Å². The molecule has 2 rings (SSSR count). The Bertz CT molecular complexity index is 726. The Morgan fingerprint density at radius 1 is 1.04 bits per heavy atom. The van der Waals surface area contributed by atoms with Crippen LogP contribution in [0.15, 0.2) is 54.6 Å². The lowest BCUT2D eigenvalue weighted by atomic mass is 10.1. The maximum Gasteiger partial charge on any atom is 0.326 e. The van der Waals surface area contributed by atoms with Gasteiger partial charge in [0.25, 0.3) is 11.8 Å². The van der Waals surface area contributed by atoms with Crippen LogP contribution in [0.5, 0.6) is 0 Å². The second kappa shape index (κ2) is 7.92. The van der Waals surface area contributed by atoms with Crippen molar-refractivity contribution in [2.24, 2.45) is 5.73 Å². The van der Waals surface area contributed by atoms with Crippen LogP contribution in [0.4, 0.5) is 0 Å². The van der Waals surface area contributed by atoms with Crippen LogP contribution in [-0.2, 0) is 14.3 Å². The highest BCUT2D eigenvalue weighted by atomic mass is 16.5. The highest BCUT2D eigenvalue weighted by Crippen LogP contribution is 2.16. The first-order valence-electron chi connectivity index (χ1n) is 7.36. The number of ether oxygens (including phenoxy) is 1. The fourth-order valence-electron chi connectivity index (χ4n) is 2.05. The maximum absolute atomic E-state index is 11.9. The van der Waals surface area contributed by atoms with Crippen LogP contribution in [0.25, 0.3) is 0 Å². The molecule has 2 amide bonds. The Kier molecular flexibility index (Phi) is 5.68. The van der Waals surface area contributed by atoms with Crippen LogP contribution in [0.3, 0.4) is 0 Å². The average Bonchev–Trinajstić information content (AvgIpc) is 2.58. The largest absolute Gasteiger partial charge is 0.446 e. The second-order valence-corrected chi connectivity index (χ2v) is 5.23. The molecule has 0 aliphatic heterocycles. The number of hydrogen-bond donors (Lipinski definition) is 2. The van der Waals surface area contributed by atoms with E-state index in [0.717, 1.165) is 5.56 Å². The quantitative estimate of drug-likeness (QED) is 0.786. The molecule has 0 radical (unpaired) electrons. The molecule has 2 aromatic rings. The minimum Gasteiger partial charge on any atom is -0.446 e. The van der Waals surface area contributed by atoms with Crippen LogP contribution in [-0.4, -0.2) is 24.3 Å². The molecule has 24 heavy (non-hydrogen) atoms. The summed E-state index contributed by atoms with van der Waals surface area (Å²) >= 11 is 0. The van der Waals surface area contributed by atoms with Gasteiger partial charge in [-0.05, 0) is 19.1 Å². The van der Waals surface area contributed by atoms with Crippen molar-refractivity contribution in [1.82, 2.24) is 5.32 Å². The van der Waals surface area contributed by atoms with Crippen LogP contribution in [0.1, 0.15) is 27.6 Å². The molecule has 6 heteroatoms. The van der Waals surface area contributed by atoms with Gasteiger partial charge in [0.2, 0.25) is 6.10 Å². The third kappa shape index (κ3) is 4.67. The lowest BCUT2D eigenvalue weighted by Crippen LogP contribution is -2.33. The van der Waals surface area contributed by atoms with E-state index in [0.29, 0.717) is 11.1 Å². The Balaban J connectivity index is 1.93. The number of carbonyl (C=O) groups is 3. The Hall–Kier alpha value is -3.15. The molecule has 0 aliphatic carbocycles. The summed E-state index contributed by atoms with van der Waals surface area (Å²) in [7, 11) is 0. The van der Waals surface area contributed by atoms with E-state index in [1.807, 2.05) is 6.92 Å². The van der Waals surface area contributed by atoms with E-state index in [2.05, 4.69) is 5.32 Å². The molecular weight excluding hydrogens is 308 g/mol. The monoisotopic (exact) mass is 326 g/mol. The Labute approximate surface area is 139 Å². The van der Waals surface area contributed by atoms with Gasteiger partial charge in [-0.1, -0.05) is 48.0 Å². The molecule has 1 atom stereocenters. The summed E-state index contributed by atoms with van der Waals surface area (Å²) in [6.07, 6.45) is -1.19. The number of amides is 2. The van der Waals surface area contributed by atoms with Gasteiger partial charge in [0.05, 0.1) is 0 Å². The number of benzene rings is 2. The number of aryl methyl sites for hydroxylation is 1. The molecule has 0 saturated heterocycles. The molecular formula is C18H18N2O4. The van der Waals surface area contributed by atoms with E-state index >= 15 is 0 Å². The zero-order valence-electron chi connectivity index (χ0n) is 13.2. The van der Waals surface area contributed by atoms with Crippen molar-refractivity contribution in [2.75, 3.05) is 6.54 Å². The van der Waals surface area contributed by atoms with Gasteiger partial charge in [0, 0.05) is 11.1 Å². The third-order valence-corrected chi connectivity index (χ3v) is 3.32. The summed E-state index contributed by atoms with van der Waals surface area (Å²) < 4.78 is 5.08. The fourth-order valence-corrected chi connectivity index (χ4v) is 2.05. The first-order chi connectivity index (χ1) is 11.5. The van der Waals surface area contributed by atoms with E-state index in [9.17, 15) is 14.4 Å². The summed E-state index contributed by atoms with van der Waals surface area (Å²) in [6, 6.07) is 15.4. The number of nitrogens with two attached hydrogens (primary N) is 1. The fraction of sp³-hybridized carbons (Fsp3) is 0.167. The van der Waals surface area contributed by atoms with E-state index in [-0.39, 0.29) is 6.54 Å². The molecule has 0 bridgehead atoms. The van der Waals surface area contributed by atoms with Crippen molar-refractivity contribution in [3.05, 3.63) is 71.3 Å². The topological polar surface area (TPSA) is 98.5 Å². The molecule has 124 valence electrons. The zero-order valence-corrected chi connectivity index (χ0v) is 13.2. The van der Waals surface area contributed by atoms with E-state index < -0.39 is 23.9 Å². The van der Waals surface area contributed by atoms with Crippen molar-refractivity contribution < 1.29 is 19.1 Å². The van der Waals surface area contributed by atoms with E-state index in [1.165, 1.54) is 0 Å². The average molecular weight is 326 g/mol. The van der Waals surface area contributed by atoms with Crippen LogP contribution in [0.2, 0.25) is 0 Å². The summed E-state index contributed by atoms with van der Waals surface area (Å²) in [5, 5.41) is 2.45. The summed E-state index contributed by atoms with van der Waals surface area (Å²) in [6.45, 7) is 1.55. The molecule has 0 aliphatic rings. The molecule has 0 fully saturated rings. The number of nitrogens with one attached hydrogen (secondary N) is 1. The number of hydrogen-bond acceptors (Lipinski definition) is 4. The Morgan fingerprint density at radius 2 is 1.67 bits per heavy atom. The van der Waals surface area contributed by atoms with Crippen LogP contribution < -0.4 is 11.1 Å². The number of esters is 1. The number of carbonyl (C=O) groups excluding carboxylic acids is 3. The highest BCUT2D eigenvalue weighted by Gasteiger charge is 2.22. The van der Waals surface area contributed by atoms with E-state index in [1.54, 1.807) is 54.6 Å². The first-order valence-corrected chi connectivity index (χ1v) is 7.36. The molecule has 1 unspecified atom stereocenters. The standard InChI is InChI=1S/C18H18N2O4/c1-12-7-9-14(10-8-12)18(23)20-11-15(21)24-16(17(19)22)13-5-3-2-4-6-13/h2-10,16H,11H2,1H3,(H2,19,22)(H,20,23). The normalized spacial score (nSPS) is 11.4. The first kappa shape index (κ1) is 17.2. The van der Waals surface area contributed by atoms with Gasteiger partial charge >= 0.3 is 5.97 Å². The molecule has 2 aromatic carbocycles. The van der Waals surface area contributed by atoms with Crippen molar-refractivity contribution in [2.45, 2.75) is 13.0 Å². The number of primary amides is 1. The maximum atomic E-state index is 11.9. The lowest BCUT2D eigenvalue weighted by molar-refractivity contribution is -0.154. The third-order valence-electron chi connectivity index (χ3n) is 3.32. The molecule has 0 aromatic heterocycles. The van der Waals surface area contributed by atoms with E-state index in [4.69, 9.17) is 10.5 Å². The smallest absolute Gasteiger partial charge is 0.326 e. The minimum absolute atomic E-state index is 0.358. The second-order valence-electron chi connectivity index (χ2n) is 5.23.